The third-order valence-electron chi connectivity index (χ3n) is 4.82. The van der Waals surface area contributed by atoms with Gasteiger partial charge in [-0.3, -0.25) is 0 Å². The molecule has 0 bridgehead atoms. The van der Waals surface area contributed by atoms with Gasteiger partial charge < -0.3 is 39.3 Å². The van der Waals surface area contributed by atoms with E-state index in [1.165, 1.54) is 64.2 Å². The number of nitrogens with zero attached hydrogens (tertiary/aromatic N) is 1. The highest BCUT2D eigenvalue weighted by Crippen LogP contribution is 2.23. The van der Waals surface area contributed by atoms with Crippen LogP contribution in [0.3, 0.4) is 0 Å². The van der Waals surface area contributed by atoms with Crippen molar-refractivity contribution in [2.75, 3.05) is 26.4 Å². The number of nitrogen functional groups attached to an aromatic ring is 1. The molecule has 4 heteroatoms. The summed E-state index contributed by atoms with van der Waals surface area (Å²) in [7, 11) is 4.48. The Morgan fingerprint density at radius 1 is 0.880 bits per heavy atom. The van der Waals surface area contributed by atoms with Crippen LogP contribution in [0.15, 0.2) is 18.2 Å². The van der Waals surface area contributed by atoms with Gasteiger partial charge in [-0.05, 0) is 25.0 Å². The highest BCUT2D eigenvalue weighted by Gasteiger charge is 2.17. The average molecular weight is 462 g/mol. The van der Waals surface area contributed by atoms with E-state index in [0.29, 0.717) is 11.4 Å². The van der Waals surface area contributed by atoms with Gasteiger partial charge in [0.25, 0.3) is 0 Å². The van der Waals surface area contributed by atoms with E-state index in [4.69, 9.17) is 5.73 Å². The van der Waals surface area contributed by atoms with E-state index < -0.39 is 0 Å². The summed E-state index contributed by atoms with van der Waals surface area (Å²) >= 11 is 0. The van der Waals surface area contributed by atoms with Crippen molar-refractivity contribution in [1.82, 2.24) is 0 Å². The summed E-state index contributed by atoms with van der Waals surface area (Å²) < 4.78 is 0.911. The number of hydrogen-bond acceptors (Lipinski definition) is 2. The molecular formula is C21H39IN2O. The first-order valence-corrected chi connectivity index (χ1v) is 9.84. The van der Waals surface area contributed by atoms with Gasteiger partial charge in [0.05, 0.1) is 20.6 Å². The second-order valence-electron chi connectivity index (χ2n) is 7.89. The Kier molecular flexibility index (Phi) is 13.4. The third-order valence-corrected chi connectivity index (χ3v) is 4.82. The molecule has 0 fully saturated rings. The summed E-state index contributed by atoms with van der Waals surface area (Å²) in [6.45, 7) is 4.28. The van der Waals surface area contributed by atoms with E-state index in [-0.39, 0.29) is 24.0 Å². The van der Waals surface area contributed by atoms with Gasteiger partial charge in [0.2, 0.25) is 0 Å². The van der Waals surface area contributed by atoms with Gasteiger partial charge in [0, 0.05) is 17.3 Å². The number of anilines is 1. The van der Waals surface area contributed by atoms with Crippen LogP contribution in [0.25, 0.3) is 0 Å². The zero-order valence-corrected chi connectivity index (χ0v) is 18.7. The Morgan fingerprint density at radius 3 is 1.92 bits per heavy atom. The fraction of sp³-hybridized carbons (Fsp3) is 0.714. The molecule has 0 saturated carbocycles. The number of phenolic OH excluding ortho intramolecular Hbond substituents is 1. The molecule has 0 saturated heterocycles. The quantitative estimate of drug-likeness (QED) is 0.205. The van der Waals surface area contributed by atoms with Gasteiger partial charge in [-0.25, -0.2) is 0 Å². The molecule has 0 aliphatic heterocycles. The minimum atomic E-state index is 0. The fourth-order valence-corrected chi connectivity index (χ4v) is 3.28. The van der Waals surface area contributed by atoms with Crippen molar-refractivity contribution in [3.63, 3.8) is 0 Å². The van der Waals surface area contributed by atoms with Crippen molar-refractivity contribution < 1.29 is 33.6 Å². The van der Waals surface area contributed by atoms with Gasteiger partial charge >= 0.3 is 0 Å². The van der Waals surface area contributed by atoms with Gasteiger partial charge in [-0.1, -0.05) is 58.3 Å². The minimum absolute atomic E-state index is 0. The SMILES string of the molecule is CCCCCCCCCCCC[N+](C)(C)Cc1ccc(N)cc1O.[I-]. The lowest BCUT2D eigenvalue weighted by atomic mass is 10.1. The molecule has 0 aliphatic carbocycles. The second kappa shape index (κ2) is 13.7. The molecule has 0 radical (unpaired) electrons. The molecule has 0 amide bonds. The lowest BCUT2D eigenvalue weighted by Crippen LogP contribution is -3.00. The number of rotatable bonds is 13. The Balaban J connectivity index is 0.00000576. The summed E-state index contributed by atoms with van der Waals surface area (Å²) in [5.41, 5.74) is 7.31. The van der Waals surface area contributed by atoms with Crippen LogP contribution in [0.4, 0.5) is 5.69 Å². The molecule has 0 unspecified atom stereocenters. The summed E-state index contributed by atoms with van der Waals surface area (Å²) in [6.07, 6.45) is 13.7. The van der Waals surface area contributed by atoms with Crippen molar-refractivity contribution in [1.29, 1.82) is 0 Å². The first-order chi connectivity index (χ1) is 11.4. The zero-order chi connectivity index (χ0) is 17.8. The number of phenols is 1. The number of halogens is 1. The van der Waals surface area contributed by atoms with Crippen molar-refractivity contribution in [2.45, 2.75) is 77.7 Å². The molecule has 3 nitrogen and oxygen atoms in total. The molecule has 1 aromatic rings. The van der Waals surface area contributed by atoms with E-state index in [1.54, 1.807) is 6.07 Å². The number of aromatic hydroxyl groups is 1. The van der Waals surface area contributed by atoms with Gasteiger partial charge in [0.15, 0.2) is 0 Å². The first kappa shape index (κ1) is 24.5. The van der Waals surface area contributed by atoms with Gasteiger partial charge in [-0.2, -0.15) is 0 Å². The van der Waals surface area contributed by atoms with Gasteiger partial charge in [-0.15, -0.1) is 0 Å². The first-order valence-electron chi connectivity index (χ1n) is 9.84. The van der Waals surface area contributed by atoms with Crippen molar-refractivity contribution in [3.05, 3.63) is 23.8 Å². The topological polar surface area (TPSA) is 46.2 Å². The maximum Gasteiger partial charge on any atom is 0.126 e. The summed E-state index contributed by atoms with van der Waals surface area (Å²) in [4.78, 5) is 0. The smallest absolute Gasteiger partial charge is 0.126 e. The minimum Gasteiger partial charge on any atom is -1.00 e. The molecule has 3 N–H and O–H groups in total. The predicted octanol–water partition coefficient (Wildman–Crippen LogP) is 2.48. The molecule has 0 heterocycles. The van der Waals surface area contributed by atoms with Crippen molar-refractivity contribution in [3.8, 4) is 5.75 Å². The van der Waals surface area contributed by atoms with Crippen LogP contribution >= 0.6 is 0 Å². The standard InChI is InChI=1S/C21H38N2O.HI/c1-4-5-6-7-8-9-10-11-12-13-16-23(2,3)18-19-14-15-20(22)17-21(19)24;/h14-15,17H,4-13,16,18,22H2,1-3H3;1H. The van der Waals surface area contributed by atoms with E-state index in [2.05, 4.69) is 21.0 Å². The molecule has 1 rings (SSSR count). The van der Waals surface area contributed by atoms with Crippen molar-refractivity contribution >= 4 is 5.69 Å². The molecule has 25 heavy (non-hydrogen) atoms. The summed E-state index contributed by atoms with van der Waals surface area (Å²) in [5, 5.41) is 10.0. The maximum atomic E-state index is 10.0. The van der Waals surface area contributed by atoms with Crippen LogP contribution in [-0.2, 0) is 6.54 Å². The van der Waals surface area contributed by atoms with Gasteiger partial charge in [0.1, 0.15) is 12.3 Å². The van der Waals surface area contributed by atoms with E-state index >= 15 is 0 Å². The number of nitrogens with two attached hydrogens (primary N) is 1. The van der Waals surface area contributed by atoms with Crippen LogP contribution in [0.5, 0.6) is 5.75 Å². The molecule has 1 aromatic carbocycles. The van der Waals surface area contributed by atoms with Crippen LogP contribution in [0.1, 0.15) is 76.7 Å². The Hall–Kier alpha value is -0.490. The van der Waals surface area contributed by atoms with Crippen LogP contribution in [-0.4, -0.2) is 30.2 Å². The average Bonchev–Trinajstić information content (AvgIpc) is 2.52. The van der Waals surface area contributed by atoms with E-state index in [9.17, 15) is 5.11 Å². The largest absolute Gasteiger partial charge is 1.00 e. The number of benzene rings is 1. The molecule has 146 valence electrons. The lowest BCUT2D eigenvalue weighted by molar-refractivity contribution is -0.903. The molecular weight excluding hydrogens is 423 g/mol. The lowest BCUT2D eigenvalue weighted by Gasteiger charge is -2.30. The zero-order valence-electron chi connectivity index (χ0n) is 16.6. The third kappa shape index (κ3) is 11.7. The predicted molar refractivity (Wildman–Crippen MR) is 105 cm³/mol. The van der Waals surface area contributed by atoms with Crippen LogP contribution in [0.2, 0.25) is 0 Å². The van der Waals surface area contributed by atoms with E-state index in [0.717, 1.165) is 23.1 Å². The Labute approximate surface area is 172 Å². The normalized spacial score (nSPS) is 11.3. The number of hydrogen-bond donors (Lipinski definition) is 2. The highest BCUT2D eigenvalue weighted by molar-refractivity contribution is 5.47. The summed E-state index contributed by atoms with van der Waals surface area (Å²) in [5.74, 6) is 0.323. The number of unbranched alkanes of at least 4 members (excludes halogenated alkanes) is 9. The Morgan fingerprint density at radius 2 is 1.40 bits per heavy atom. The monoisotopic (exact) mass is 462 g/mol. The van der Waals surface area contributed by atoms with Crippen molar-refractivity contribution in [2.24, 2.45) is 0 Å². The number of quaternary nitrogens is 1. The maximum absolute atomic E-state index is 10.0. The highest BCUT2D eigenvalue weighted by atomic mass is 127. The molecule has 0 aromatic heterocycles. The molecule has 0 atom stereocenters. The molecule has 0 aliphatic rings. The molecule has 0 spiro atoms. The van der Waals surface area contributed by atoms with E-state index in [1.807, 2.05) is 12.1 Å². The summed E-state index contributed by atoms with van der Waals surface area (Å²) in [6, 6.07) is 5.47. The second-order valence-corrected chi connectivity index (χ2v) is 7.89. The van der Waals surface area contributed by atoms with Crippen LogP contribution < -0.4 is 29.7 Å². The van der Waals surface area contributed by atoms with Crippen LogP contribution in [0, 0.1) is 0 Å². The Bertz CT molecular complexity index is 463. The fourth-order valence-electron chi connectivity index (χ4n) is 3.28.